The predicted molar refractivity (Wildman–Crippen MR) is 51.6 cm³/mol. The summed E-state index contributed by atoms with van der Waals surface area (Å²) in [5.74, 6) is 0. The molecule has 0 aromatic rings. The van der Waals surface area contributed by atoms with Crippen molar-refractivity contribution in [2.45, 2.75) is 13.0 Å². The van der Waals surface area contributed by atoms with Crippen molar-refractivity contribution in [2.75, 3.05) is 0 Å². The Morgan fingerprint density at radius 1 is 1.46 bits per heavy atom. The van der Waals surface area contributed by atoms with Crippen molar-refractivity contribution in [3.05, 3.63) is 47.2 Å². The molecule has 0 spiro atoms. The Balaban J connectivity index is 2.36. The molecule has 0 fully saturated rings. The van der Waals surface area contributed by atoms with E-state index in [9.17, 15) is 0 Å². The monoisotopic (exact) mass is 170 g/mol. The third kappa shape index (κ3) is 1.41. The van der Waals surface area contributed by atoms with Crippen molar-refractivity contribution >= 4 is 0 Å². The maximum atomic E-state index is 8.70. The summed E-state index contributed by atoms with van der Waals surface area (Å²) in [4.78, 5) is 0. The zero-order valence-corrected chi connectivity index (χ0v) is 7.41. The van der Waals surface area contributed by atoms with Crippen LogP contribution in [0.1, 0.15) is 6.92 Å². The van der Waals surface area contributed by atoms with Gasteiger partial charge in [0.05, 0.1) is 17.7 Å². The molecule has 2 rings (SSSR count). The number of dihydropyridines is 1. The second-order valence-corrected chi connectivity index (χ2v) is 3.21. The summed E-state index contributed by atoms with van der Waals surface area (Å²) in [6, 6.07) is 2.39. The molecule has 2 nitrogen and oxygen atoms in total. The Morgan fingerprint density at radius 3 is 3.08 bits per heavy atom. The summed E-state index contributed by atoms with van der Waals surface area (Å²) < 4.78 is 0. The van der Waals surface area contributed by atoms with Gasteiger partial charge in [0, 0.05) is 5.70 Å². The number of nitrogens with zero attached hydrogens (tertiary/aromatic N) is 1. The zero-order valence-electron chi connectivity index (χ0n) is 7.41. The van der Waals surface area contributed by atoms with Gasteiger partial charge >= 0.3 is 0 Å². The van der Waals surface area contributed by atoms with Crippen molar-refractivity contribution in [3.8, 4) is 6.07 Å². The van der Waals surface area contributed by atoms with Gasteiger partial charge in [-0.25, -0.2) is 0 Å². The minimum absolute atomic E-state index is 0.252. The molecule has 2 aliphatic rings. The van der Waals surface area contributed by atoms with Crippen LogP contribution in [0.5, 0.6) is 0 Å². The first-order valence-corrected chi connectivity index (χ1v) is 4.24. The standard InChI is InChI=1S/C11H10N2/c1-8-2-4-10-6-9(7-12)3-5-11(10)13-8/h2-6,11,13H,1H3. The van der Waals surface area contributed by atoms with Crippen LogP contribution in [0.4, 0.5) is 0 Å². The number of rotatable bonds is 0. The van der Waals surface area contributed by atoms with Crippen molar-refractivity contribution in [1.29, 1.82) is 5.26 Å². The zero-order chi connectivity index (χ0) is 9.26. The second kappa shape index (κ2) is 2.95. The van der Waals surface area contributed by atoms with Gasteiger partial charge in [0.1, 0.15) is 0 Å². The average molecular weight is 170 g/mol. The third-order valence-corrected chi connectivity index (χ3v) is 2.19. The smallest absolute Gasteiger partial charge is 0.0991 e. The van der Waals surface area contributed by atoms with E-state index in [2.05, 4.69) is 17.5 Å². The molecule has 2 heteroatoms. The molecule has 0 amide bonds. The molecule has 0 aromatic carbocycles. The van der Waals surface area contributed by atoms with Crippen LogP contribution in [-0.4, -0.2) is 6.04 Å². The summed E-state index contributed by atoms with van der Waals surface area (Å²) in [5.41, 5.74) is 3.04. The number of hydrogen-bond acceptors (Lipinski definition) is 2. The molecule has 64 valence electrons. The quantitative estimate of drug-likeness (QED) is 0.601. The maximum absolute atomic E-state index is 8.70. The molecule has 0 aromatic heterocycles. The van der Waals surface area contributed by atoms with Crippen LogP contribution >= 0.6 is 0 Å². The molecule has 1 unspecified atom stereocenters. The lowest BCUT2D eigenvalue weighted by Gasteiger charge is -2.23. The number of allylic oxidation sites excluding steroid dienone is 5. The van der Waals surface area contributed by atoms with Crippen LogP contribution in [0, 0.1) is 11.3 Å². The molecule has 1 aliphatic carbocycles. The van der Waals surface area contributed by atoms with Crippen LogP contribution in [-0.2, 0) is 0 Å². The van der Waals surface area contributed by atoms with E-state index in [0.717, 1.165) is 16.8 Å². The lowest BCUT2D eigenvalue weighted by molar-refractivity contribution is 0.746. The third-order valence-electron chi connectivity index (χ3n) is 2.19. The molecular formula is C11H10N2. The van der Waals surface area contributed by atoms with E-state index in [1.165, 1.54) is 0 Å². The molecule has 0 saturated heterocycles. The maximum Gasteiger partial charge on any atom is 0.0991 e. The van der Waals surface area contributed by atoms with E-state index in [0.29, 0.717) is 0 Å². The minimum Gasteiger partial charge on any atom is -0.378 e. The summed E-state index contributed by atoms with van der Waals surface area (Å²) in [7, 11) is 0. The van der Waals surface area contributed by atoms with E-state index < -0.39 is 0 Å². The summed E-state index contributed by atoms with van der Waals surface area (Å²) in [6.07, 6.45) is 9.86. The van der Waals surface area contributed by atoms with Crippen molar-refractivity contribution in [1.82, 2.24) is 5.32 Å². The molecule has 0 bridgehead atoms. The van der Waals surface area contributed by atoms with E-state index in [4.69, 9.17) is 5.26 Å². The number of fused-ring (bicyclic) bond motifs is 1. The van der Waals surface area contributed by atoms with E-state index >= 15 is 0 Å². The fourth-order valence-electron chi connectivity index (χ4n) is 1.50. The number of hydrogen-bond donors (Lipinski definition) is 1. The average Bonchev–Trinajstić information content (AvgIpc) is 2.17. The number of nitrogens with one attached hydrogen (secondary N) is 1. The van der Waals surface area contributed by atoms with Crippen molar-refractivity contribution < 1.29 is 0 Å². The van der Waals surface area contributed by atoms with Gasteiger partial charge in [-0.2, -0.15) is 5.26 Å². The molecule has 1 atom stereocenters. The van der Waals surface area contributed by atoms with Crippen LogP contribution in [0.2, 0.25) is 0 Å². The Morgan fingerprint density at radius 2 is 2.31 bits per heavy atom. The fraction of sp³-hybridized carbons (Fsp3) is 0.182. The highest BCUT2D eigenvalue weighted by molar-refractivity contribution is 5.50. The van der Waals surface area contributed by atoms with E-state index in [1.807, 2.05) is 31.2 Å². The summed E-state index contributed by atoms with van der Waals surface area (Å²) in [6.45, 7) is 2.03. The SMILES string of the molecule is CC1=CC=C2C=C(C#N)C=CC2N1. The highest BCUT2D eigenvalue weighted by Crippen LogP contribution is 2.20. The lowest BCUT2D eigenvalue weighted by Crippen LogP contribution is -2.30. The predicted octanol–water partition coefficient (Wildman–Crippen LogP) is 1.81. The molecule has 1 aliphatic heterocycles. The van der Waals surface area contributed by atoms with Gasteiger partial charge in [0.2, 0.25) is 0 Å². The second-order valence-electron chi connectivity index (χ2n) is 3.21. The van der Waals surface area contributed by atoms with Crippen LogP contribution in [0.25, 0.3) is 0 Å². The van der Waals surface area contributed by atoms with Gasteiger partial charge in [0.15, 0.2) is 0 Å². The van der Waals surface area contributed by atoms with Gasteiger partial charge in [-0.1, -0.05) is 12.2 Å². The number of nitriles is 1. The minimum atomic E-state index is 0.252. The highest BCUT2D eigenvalue weighted by Gasteiger charge is 2.15. The summed E-state index contributed by atoms with van der Waals surface area (Å²) in [5, 5.41) is 12.0. The first kappa shape index (κ1) is 7.88. The van der Waals surface area contributed by atoms with Gasteiger partial charge in [-0.15, -0.1) is 0 Å². The summed E-state index contributed by atoms with van der Waals surface area (Å²) >= 11 is 0. The molecule has 0 saturated carbocycles. The fourth-order valence-corrected chi connectivity index (χ4v) is 1.50. The highest BCUT2D eigenvalue weighted by atomic mass is 14.9. The molecule has 1 N–H and O–H groups in total. The van der Waals surface area contributed by atoms with Crippen molar-refractivity contribution in [2.24, 2.45) is 0 Å². The molecular weight excluding hydrogens is 160 g/mol. The molecule has 0 radical (unpaired) electrons. The van der Waals surface area contributed by atoms with Crippen LogP contribution < -0.4 is 5.32 Å². The molecule has 1 heterocycles. The van der Waals surface area contributed by atoms with Gasteiger partial charge < -0.3 is 5.32 Å². The van der Waals surface area contributed by atoms with Crippen molar-refractivity contribution in [3.63, 3.8) is 0 Å². The van der Waals surface area contributed by atoms with Crippen LogP contribution in [0.15, 0.2) is 47.2 Å². The largest absolute Gasteiger partial charge is 0.378 e. The Kier molecular flexibility index (Phi) is 1.79. The van der Waals surface area contributed by atoms with Gasteiger partial charge in [0.25, 0.3) is 0 Å². The molecule has 13 heavy (non-hydrogen) atoms. The lowest BCUT2D eigenvalue weighted by atomic mass is 9.95. The van der Waals surface area contributed by atoms with E-state index in [-0.39, 0.29) is 6.04 Å². The van der Waals surface area contributed by atoms with Crippen LogP contribution in [0.3, 0.4) is 0 Å². The Hall–Kier alpha value is -1.75. The first-order chi connectivity index (χ1) is 6.29. The Bertz CT molecular complexity index is 389. The normalized spacial score (nSPS) is 24.6. The van der Waals surface area contributed by atoms with Gasteiger partial charge in [-0.05, 0) is 30.7 Å². The first-order valence-electron chi connectivity index (χ1n) is 4.24. The van der Waals surface area contributed by atoms with E-state index in [1.54, 1.807) is 0 Å². The topological polar surface area (TPSA) is 35.8 Å². The van der Waals surface area contributed by atoms with Gasteiger partial charge in [-0.3, -0.25) is 0 Å². The Labute approximate surface area is 77.6 Å².